The van der Waals surface area contributed by atoms with Crippen LogP contribution in [0, 0.1) is 5.82 Å². The highest BCUT2D eigenvalue weighted by Gasteiger charge is 2.73. The Kier molecular flexibility index (Phi) is 6.38. The van der Waals surface area contributed by atoms with Crippen molar-refractivity contribution in [2.24, 2.45) is 5.73 Å². The minimum Gasteiger partial charge on any atom is -0.369 e. The molecule has 1 aliphatic carbocycles. The molecule has 2 aromatic rings. The van der Waals surface area contributed by atoms with Gasteiger partial charge in [-0.25, -0.2) is 17.2 Å². The Morgan fingerprint density at radius 3 is 2.14 bits per heavy atom. The van der Waals surface area contributed by atoms with E-state index in [4.69, 9.17) is 5.73 Å². The van der Waals surface area contributed by atoms with E-state index in [1.54, 1.807) is 0 Å². The summed E-state index contributed by atoms with van der Waals surface area (Å²) < 4.78 is 134. The first-order valence-electron chi connectivity index (χ1n) is 11.0. The Labute approximate surface area is 206 Å². The molecular weight excluding hydrogens is 536 g/mol. The predicted octanol–water partition coefficient (Wildman–Crippen LogP) is 4.29. The molecule has 1 heterocycles. The van der Waals surface area contributed by atoms with E-state index in [0.717, 1.165) is 30.3 Å². The third-order valence-corrected chi connectivity index (χ3v) is 9.69. The first-order valence-corrected chi connectivity index (χ1v) is 12.4. The van der Waals surface area contributed by atoms with E-state index in [9.17, 15) is 48.3 Å². The van der Waals surface area contributed by atoms with E-state index in [1.807, 2.05) is 0 Å². The summed E-state index contributed by atoms with van der Waals surface area (Å²) in [6.45, 7) is -0.318. The molecule has 5 nitrogen and oxygen atoms in total. The average Bonchev–Trinajstić information content (AvgIpc) is 3.16. The van der Waals surface area contributed by atoms with Gasteiger partial charge in [0.05, 0.1) is 11.4 Å². The average molecular weight is 556 g/mol. The summed E-state index contributed by atoms with van der Waals surface area (Å²) in [5.74, 6) is -1.50. The fourth-order valence-corrected chi connectivity index (χ4v) is 7.93. The number of halogens is 8. The van der Waals surface area contributed by atoms with Gasteiger partial charge in [-0.3, -0.25) is 9.69 Å². The van der Waals surface area contributed by atoms with Crippen LogP contribution < -0.4 is 5.73 Å². The van der Waals surface area contributed by atoms with Crippen molar-refractivity contribution in [1.82, 2.24) is 4.90 Å². The fourth-order valence-electron chi connectivity index (χ4n) is 5.54. The van der Waals surface area contributed by atoms with Crippen molar-refractivity contribution in [3.63, 3.8) is 0 Å². The van der Waals surface area contributed by atoms with Crippen molar-refractivity contribution < 1.29 is 48.3 Å². The first kappa shape index (κ1) is 27.3. The van der Waals surface area contributed by atoms with Crippen LogP contribution in [0.3, 0.4) is 0 Å². The smallest absolute Gasteiger partial charge is 0.369 e. The summed E-state index contributed by atoms with van der Waals surface area (Å²) in [6, 6.07) is 4.33. The molecule has 0 spiro atoms. The number of primary amides is 1. The van der Waals surface area contributed by atoms with Gasteiger partial charge in [0.1, 0.15) is 10.6 Å². The molecule has 4 rings (SSSR count). The number of fused-ring (bicyclic) bond motifs is 3. The van der Waals surface area contributed by atoms with Gasteiger partial charge in [-0.2, -0.15) is 26.3 Å². The number of rotatable bonds is 5. The number of aryl methyl sites for hydroxylation is 1. The molecule has 2 aliphatic rings. The molecule has 37 heavy (non-hydrogen) atoms. The molecule has 2 atom stereocenters. The van der Waals surface area contributed by atoms with E-state index in [0.29, 0.717) is 12.1 Å². The summed E-state index contributed by atoms with van der Waals surface area (Å²) in [4.78, 5) is 12.8. The lowest BCUT2D eigenvalue weighted by molar-refractivity contribution is -0.348. The third kappa shape index (κ3) is 3.99. The maximum atomic E-state index is 14.8. The van der Waals surface area contributed by atoms with E-state index in [2.05, 4.69) is 0 Å². The summed E-state index contributed by atoms with van der Waals surface area (Å²) in [7, 11) is -4.46. The molecule has 0 saturated carbocycles. The first-order chi connectivity index (χ1) is 17.0. The van der Waals surface area contributed by atoms with Crippen molar-refractivity contribution in [3.05, 3.63) is 65.0 Å². The second-order valence-corrected chi connectivity index (χ2v) is 11.3. The minimum atomic E-state index is -6.33. The second-order valence-electron chi connectivity index (χ2n) is 9.11. The number of nitrogens with zero attached hydrogens (tertiary/aromatic N) is 1. The number of sulfone groups is 1. The Hall–Kier alpha value is -2.74. The van der Waals surface area contributed by atoms with Gasteiger partial charge in [0.2, 0.25) is 5.91 Å². The van der Waals surface area contributed by atoms with Crippen LogP contribution in [-0.2, 0) is 31.5 Å². The van der Waals surface area contributed by atoms with Gasteiger partial charge in [-0.15, -0.1) is 0 Å². The highest BCUT2D eigenvalue weighted by molar-refractivity contribution is 7.92. The molecule has 1 aliphatic heterocycles. The predicted molar refractivity (Wildman–Crippen MR) is 114 cm³/mol. The normalized spacial score (nSPS) is 23.0. The van der Waals surface area contributed by atoms with Crippen LogP contribution in [0.25, 0.3) is 0 Å². The van der Waals surface area contributed by atoms with Crippen LogP contribution in [0.4, 0.5) is 35.1 Å². The molecule has 1 saturated heterocycles. The lowest BCUT2D eigenvalue weighted by Crippen LogP contribution is -2.53. The van der Waals surface area contributed by atoms with Gasteiger partial charge >= 0.3 is 18.0 Å². The molecular formula is C23H20F8N2O3S. The van der Waals surface area contributed by atoms with Crippen LogP contribution >= 0.6 is 0 Å². The van der Waals surface area contributed by atoms with Crippen LogP contribution in [0.1, 0.15) is 29.5 Å². The second kappa shape index (κ2) is 8.65. The van der Waals surface area contributed by atoms with E-state index >= 15 is 0 Å². The van der Waals surface area contributed by atoms with Crippen molar-refractivity contribution in [1.29, 1.82) is 0 Å². The van der Waals surface area contributed by atoms with Crippen LogP contribution in [0.5, 0.6) is 0 Å². The Morgan fingerprint density at radius 2 is 1.59 bits per heavy atom. The summed E-state index contributed by atoms with van der Waals surface area (Å²) >= 11 is 0. The molecule has 2 N–H and O–H groups in total. The molecule has 2 aromatic carbocycles. The zero-order valence-corrected chi connectivity index (χ0v) is 19.7. The maximum Gasteiger partial charge on any atom is 0.435 e. The highest BCUT2D eigenvalue weighted by Crippen LogP contribution is 2.56. The Bertz CT molecular complexity index is 1310. The van der Waals surface area contributed by atoms with Gasteiger partial charge in [0.25, 0.3) is 0 Å². The fraction of sp³-hybridized carbons (Fsp3) is 0.435. The Balaban J connectivity index is 1.95. The quantitative estimate of drug-likeness (QED) is 0.440. The topological polar surface area (TPSA) is 80.5 Å². The van der Waals surface area contributed by atoms with Crippen LogP contribution in [0.2, 0.25) is 0 Å². The SMILES string of the molecule is NC(=O)CN1CC[C@@]2(S(=O)(=O)c3ccc(F)cc3)c3ccc(C(F)(C(F)(F)F)C(F)(F)F)cc3CC[C@@H]12. The standard InChI is InChI=1S/C23H20F8N2O3S/c24-15-3-5-16(6-4-15)37(35,36)20-9-10-33(12-19(32)34)18(20)8-1-13-11-14(2-7-17(13)20)21(25,22(26,27)28)23(29,30)31/h2-7,11,18H,1,8-10,12H2,(H2,32,34)/t18-,20-/m1/s1. The zero-order valence-electron chi connectivity index (χ0n) is 18.8. The molecule has 202 valence electrons. The summed E-state index contributed by atoms with van der Waals surface area (Å²) in [5.41, 5.74) is -2.40. The van der Waals surface area contributed by atoms with Crippen LogP contribution in [-0.4, -0.2) is 50.7 Å². The van der Waals surface area contributed by atoms with Gasteiger partial charge in [-0.1, -0.05) is 18.2 Å². The van der Waals surface area contributed by atoms with Crippen molar-refractivity contribution in [2.75, 3.05) is 13.1 Å². The molecule has 0 radical (unpaired) electrons. The number of carbonyl (C=O) groups excluding carboxylic acids is 1. The lowest BCUT2D eigenvalue weighted by atomic mass is 9.77. The monoisotopic (exact) mass is 556 g/mol. The van der Waals surface area contributed by atoms with Crippen molar-refractivity contribution in [3.8, 4) is 0 Å². The van der Waals surface area contributed by atoms with Gasteiger partial charge in [-0.05, 0) is 54.7 Å². The number of carbonyl (C=O) groups is 1. The van der Waals surface area contributed by atoms with E-state index in [1.165, 1.54) is 4.90 Å². The number of nitrogens with two attached hydrogens (primary N) is 1. The molecule has 0 bridgehead atoms. The molecule has 1 amide bonds. The zero-order chi connectivity index (χ0) is 27.6. The van der Waals surface area contributed by atoms with Crippen molar-refractivity contribution >= 4 is 15.7 Å². The van der Waals surface area contributed by atoms with Gasteiger partial charge < -0.3 is 5.73 Å². The summed E-state index contributed by atoms with van der Waals surface area (Å²) in [5, 5.41) is 0. The molecule has 14 heteroatoms. The van der Waals surface area contributed by atoms with Crippen molar-refractivity contribution in [2.45, 2.75) is 53.0 Å². The third-order valence-electron chi connectivity index (χ3n) is 7.14. The molecule has 0 unspecified atom stereocenters. The largest absolute Gasteiger partial charge is 0.435 e. The van der Waals surface area contributed by atoms with E-state index in [-0.39, 0.29) is 48.4 Å². The maximum absolute atomic E-state index is 14.8. The van der Waals surface area contributed by atoms with E-state index < -0.39 is 55.9 Å². The highest BCUT2D eigenvalue weighted by atomic mass is 32.2. The van der Waals surface area contributed by atoms with Crippen LogP contribution in [0.15, 0.2) is 47.4 Å². The molecule has 0 aromatic heterocycles. The number of hydrogen-bond donors (Lipinski definition) is 1. The number of alkyl halides is 7. The number of amides is 1. The number of hydrogen-bond acceptors (Lipinski definition) is 4. The summed E-state index contributed by atoms with van der Waals surface area (Å²) in [6.07, 6.45) is -13.1. The Morgan fingerprint density at radius 1 is 1.00 bits per heavy atom. The number of benzene rings is 2. The minimum absolute atomic E-state index is 0.0212. The number of likely N-dealkylation sites (tertiary alicyclic amines) is 1. The van der Waals surface area contributed by atoms with Gasteiger partial charge in [0.15, 0.2) is 9.84 Å². The van der Waals surface area contributed by atoms with Gasteiger partial charge in [0, 0.05) is 18.2 Å². The lowest BCUT2D eigenvalue weighted by Gasteiger charge is -2.43. The molecule has 1 fully saturated rings.